The summed E-state index contributed by atoms with van der Waals surface area (Å²) in [5.41, 5.74) is 0. The summed E-state index contributed by atoms with van der Waals surface area (Å²) in [6.07, 6.45) is -6.44. The quantitative estimate of drug-likeness (QED) is 0.852. The van der Waals surface area contributed by atoms with E-state index in [1.807, 2.05) is 0 Å². The van der Waals surface area contributed by atoms with Gasteiger partial charge in [0.1, 0.15) is 4.88 Å². The minimum atomic E-state index is -4.45. The van der Waals surface area contributed by atoms with E-state index in [2.05, 4.69) is 0 Å². The van der Waals surface area contributed by atoms with E-state index in [-0.39, 0.29) is 4.88 Å². The highest BCUT2D eigenvalue weighted by Crippen LogP contribution is 2.36. The van der Waals surface area contributed by atoms with E-state index < -0.39 is 29.5 Å². The highest BCUT2D eigenvalue weighted by atomic mass is 32.1. The fourth-order valence-electron chi connectivity index (χ4n) is 0.950. The van der Waals surface area contributed by atoms with E-state index in [1.165, 1.54) is 0 Å². The number of aliphatic hydroxyl groups is 1. The van der Waals surface area contributed by atoms with Crippen molar-refractivity contribution < 1.29 is 28.2 Å². The molecular formula is C8H7F3O3S. The molecule has 3 nitrogen and oxygen atoms in total. The predicted molar refractivity (Wildman–Crippen MR) is 46.5 cm³/mol. The van der Waals surface area contributed by atoms with E-state index >= 15 is 0 Å². The number of aliphatic hydroxyl groups excluding tert-OH is 1. The average molecular weight is 240 g/mol. The molecule has 7 heteroatoms. The summed E-state index contributed by atoms with van der Waals surface area (Å²) < 4.78 is 36.4. The number of carboxylic acids is 1. The summed E-state index contributed by atoms with van der Waals surface area (Å²) in [6, 6.07) is 1.91. The molecule has 15 heavy (non-hydrogen) atoms. The zero-order chi connectivity index (χ0) is 11.6. The molecule has 1 aromatic rings. The number of hydrogen-bond acceptors (Lipinski definition) is 3. The lowest BCUT2D eigenvalue weighted by molar-refractivity contribution is -0.139. The van der Waals surface area contributed by atoms with Crippen LogP contribution in [-0.4, -0.2) is 16.2 Å². The molecule has 1 atom stereocenters. The Morgan fingerprint density at radius 2 is 2.07 bits per heavy atom. The second-order valence-corrected chi connectivity index (χ2v) is 3.93. The van der Waals surface area contributed by atoms with Gasteiger partial charge in [-0.25, -0.2) is 0 Å². The molecule has 1 heterocycles. The van der Waals surface area contributed by atoms with E-state index in [1.54, 1.807) is 0 Å². The Labute approximate surface area is 86.8 Å². The van der Waals surface area contributed by atoms with Gasteiger partial charge in [0.2, 0.25) is 0 Å². The van der Waals surface area contributed by atoms with Gasteiger partial charge in [0.15, 0.2) is 0 Å². The predicted octanol–water partition coefficient (Wildman–Crippen LogP) is 2.28. The van der Waals surface area contributed by atoms with Gasteiger partial charge >= 0.3 is 12.1 Å². The molecular weight excluding hydrogens is 233 g/mol. The van der Waals surface area contributed by atoms with Crippen LogP contribution in [-0.2, 0) is 11.0 Å². The van der Waals surface area contributed by atoms with Gasteiger partial charge < -0.3 is 10.2 Å². The molecule has 0 saturated carbocycles. The van der Waals surface area contributed by atoms with Crippen LogP contribution in [0.25, 0.3) is 0 Å². The normalized spacial score (nSPS) is 13.9. The fourth-order valence-corrected chi connectivity index (χ4v) is 1.81. The number of carbonyl (C=O) groups is 1. The van der Waals surface area contributed by atoms with Crippen molar-refractivity contribution in [3.05, 3.63) is 21.9 Å². The van der Waals surface area contributed by atoms with Crippen molar-refractivity contribution in [1.29, 1.82) is 0 Å². The molecule has 0 aliphatic carbocycles. The Kier molecular flexibility index (Phi) is 3.35. The van der Waals surface area contributed by atoms with Crippen molar-refractivity contribution in [3.8, 4) is 0 Å². The summed E-state index contributed by atoms with van der Waals surface area (Å²) >= 11 is 0.352. The third-order valence-electron chi connectivity index (χ3n) is 1.60. The van der Waals surface area contributed by atoms with Gasteiger partial charge in [-0.1, -0.05) is 0 Å². The number of rotatable bonds is 3. The molecule has 0 amide bonds. The maximum Gasteiger partial charge on any atom is 0.425 e. The molecule has 0 aromatic carbocycles. The van der Waals surface area contributed by atoms with Crippen LogP contribution >= 0.6 is 11.3 Å². The molecule has 0 aliphatic rings. The van der Waals surface area contributed by atoms with Crippen LogP contribution in [0.15, 0.2) is 12.1 Å². The molecule has 0 unspecified atom stereocenters. The summed E-state index contributed by atoms with van der Waals surface area (Å²) in [4.78, 5) is 9.37. The van der Waals surface area contributed by atoms with Crippen molar-refractivity contribution in [2.24, 2.45) is 0 Å². The van der Waals surface area contributed by atoms with Crippen LogP contribution < -0.4 is 0 Å². The molecule has 84 valence electrons. The molecule has 0 radical (unpaired) electrons. The zero-order valence-corrected chi connectivity index (χ0v) is 8.10. The standard InChI is InChI=1S/C8H7F3O3S/c9-8(10,11)6-2-1-5(15-6)4(12)3-7(13)14/h1-2,4,12H,3H2,(H,13,14)/t4-/m1/s1. The molecule has 1 rings (SSSR count). The first-order chi connectivity index (χ1) is 6.80. The molecule has 0 aliphatic heterocycles. The third kappa shape index (κ3) is 3.21. The van der Waals surface area contributed by atoms with Gasteiger partial charge in [-0.3, -0.25) is 4.79 Å². The molecule has 0 fully saturated rings. The first-order valence-electron chi connectivity index (χ1n) is 3.87. The van der Waals surface area contributed by atoms with Crippen LogP contribution in [0.2, 0.25) is 0 Å². The topological polar surface area (TPSA) is 57.5 Å². The largest absolute Gasteiger partial charge is 0.481 e. The lowest BCUT2D eigenvalue weighted by Gasteiger charge is -2.04. The second-order valence-electron chi connectivity index (χ2n) is 2.81. The van der Waals surface area contributed by atoms with Gasteiger partial charge in [0, 0.05) is 4.88 Å². The van der Waals surface area contributed by atoms with Crippen molar-refractivity contribution in [2.75, 3.05) is 0 Å². The molecule has 0 saturated heterocycles. The van der Waals surface area contributed by atoms with Crippen molar-refractivity contribution in [1.82, 2.24) is 0 Å². The van der Waals surface area contributed by atoms with E-state index in [4.69, 9.17) is 5.11 Å². The molecule has 2 N–H and O–H groups in total. The summed E-state index contributed by atoms with van der Waals surface area (Å²) in [5, 5.41) is 17.6. The number of thiophene rings is 1. The van der Waals surface area contributed by atoms with Gasteiger partial charge in [0.05, 0.1) is 12.5 Å². The Balaban J connectivity index is 2.80. The highest BCUT2D eigenvalue weighted by molar-refractivity contribution is 7.12. The molecule has 0 spiro atoms. The average Bonchev–Trinajstić information content (AvgIpc) is 2.48. The smallest absolute Gasteiger partial charge is 0.425 e. The first-order valence-corrected chi connectivity index (χ1v) is 4.69. The second kappa shape index (κ2) is 4.19. The number of carboxylic acid groups (broad SMARTS) is 1. The monoisotopic (exact) mass is 240 g/mol. The first kappa shape index (κ1) is 12.0. The number of hydrogen-bond donors (Lipinski definition) is 2. The lowest BCUT2D eigenvalue weighted by atomic mass is 10.2. The van der Waals surface area contributed by atoms with Crippen LogP contribution in [0.5, 0.6) is 0 Å². The van der Waals surface area contributed by atoms with Crippen LogP contribution in [0.4, 0.5) is 13.2 Å². The van der Waals surface area contributed by atoms with E-state index in [0.29, 0.717) is 11.3 Å². The maximum absolute atomic E-state index is 12.1. The van der Waals surface area contributed by atoms with Gasteiger partial charge in [-0.15, -0.1) is 11.3 Å². The van der Waals surface area contributed by atoms with Crippen LogP contribution in [0.3, 0.4) is 0 Å². The van der Waals surface area contributed by atoms with E-state index in [0.717, 1.165) is 12.1 Å². The maximum atomic E-state index is 12.1. The Hall–Kier alpha value is -1.08. The fraction of sp³-hybridized carbons (Fsp3) is 0.375. The number of alkyl halides is 3. The van der Waals surface area contributed by atoms with Crippen molar-refractivity contribution in [2.45, 2.75) is 18.7 Å². The summed E-state index contributed by atoms with van der Waals surface area (Å²) in [6.45, 7) is 0. The van der Waals surface area contributed by atoms with Crippen LogP contribution in [0, 0.1) is 0 Å². The number of aliphatic carboxylic acids is 1. The Morgan fingerprint density at radius 1 is 1.47 bits per heavy atom. The highest BCUT2D eigenvalue weighted by Gasteiger charge is 2.33. The van der Waals surface area contributed by atoms with Crippen molar-refractivity contribution in [3.63, 3.8) is 0 Å². The summed E-state index contributed by atoms with van der Waals surface area (Å²) in [7, 11) is 0. The zero-order valence-electron chi connectivity index (χ0n) is 7.28. The Bertz CT molecular complexity index is 358. The summed E-state index contributed by atoms with van der Waals surface area (Å²) in [5.74, 6) is -1.26. The molecule has 0 bridgehead atoms. The minimum Gasteiger partial charge on any atom is -0.481 e. The number of halogens is 3. The third-order valence-corrected chi connectivity index (χ3v) is 2.83. The van der Waals surface area contributed by atoms with Gasteiger partial charge in [-0.05, 0) is 12.1 Å². The van der Waals surface area contributed by atoms with Gasteiger partial charge in [0.25, 0.3) is 0 Å². The van der Waals surface area contributed by atoms with Gasteiger partial charge in [-0.2, -0.15) is 13.2 Å². The lowest BCUT2D eigenvalue weighted by Crippen LogP contribution is -2.04. The van der Waals surface area contributed by atoms with E-state index in [9.17, 15) is 23.1 Å². The van der Waals surface area contributed by atoms with Crippen LogP contribution in [0.1, 0.15) is 22.3 Å². The Morgan fingerprint density at radius 3 is 2.47 bits per heavy atom. The SMILES string of the molecule is O=C(O)C[C@@H](O)c1ccc(C(F)(F)F)s1. The van der Waals surface area contributed by atoms with Crippen molar-refractivity contribution >= 4 is 17.3 Å². The minimum absolute atomic E-state index is 0.00438. The molecule has 1 aromatic heterocycles.